The van der Waals surface area contributed by atoms with Gasteiger partial charge in [-0.1, -0.05) is 49.0 Å². The second-order valence-electron chi connectivity index (χ2n) is 4.58. The molecule has 2 rings (SSSR count). The summed E-state index contributed by atoms with van der Waals surface area (Å²) >= 11 is 1.15. The fourth-order valence-electron chi connectivity index (χ4n) is 1.87. The van der Waals surface area contributed by atoms with Crippen LogP contribution in [-0.4, -0.2) is 23.9 Å². The Labute approximate surface area is 122 Å². The Bertz CT molecular complexity index is 636. The van der Waals surface area contributed by atoms with Crippen LogP contribution in [0.15, 0.2) is 42.5 Å². The van der Waals surface area contributed by atoms with E-state index in [1.807, 2.05) is 42.5 Å². The summed E-state index contributed by atoms with van der Waals surface area (Å²) in [6.07, 6.45) is 0. The number of carbonyl (C=O) groups is 2. The minimum Gasteiger partial charge on any atom is -0.469 e. The molecule has 104 valence electrons. The molecule has 0 amide bonds. The van der Waals surface area contributed by atoms with Gasteiger partial charge in [-0.15, -0.1) is 0 Å². The summed E-state index contributed by atoms with van der Waals surface area (Å²) < 4.78 is 4.64. The third-order valence-electron chi connectivity index (χ3n) is 3.05. The van der Waals surface area contributed by atoms with Crippen LogP contribution in [-0.2, 0) is 9.53 Å². The zero-order chi connectivity index (χ0) is 14.5. The van der Waals surface area contributed by atoms with Crippen LogP contribution in [0.5, 0.6) is 0 Å². The van der Waals surface area contributed by atoms with Gasteiger partial charge < -0.3 is 4.74 Å². The Morgan fingerprint density at radius 3 is 2.55 bits per heavy atom. The molecule has 0 N–H and O–H groups in total. The summed E-state index contributed by atoms with van der Waals surface area (Å²) in [5.74, 6) is -0.142. The molecule has 4 heteroatoms. The highest BCUT2D eigenvalue weighted by Crippen LogP contribution is 2.21. The lowest BCUT2D eigenvalue weighted by atomic mass is 10.1. The predicted octanol–water partition coefficient (Wildman–Crippen LogP) is 3.52. The quantitative estimate of drug-likeness (QED) is 0.807. The number of rotatable bonds is 4. The smallest absolute Gasteiger partial charge is 0.309 e. The van der Waals surface area contributed by atoms with Crippen LogP contribution < -0.4 is 0 Å². The number of thioether (sulfide) groups is 1. The minimum absolute atomic E-state index is 0.0218. The number of hydrogen-bond donors (Lipinski definition) is 0. The molecule has 3 nitrogen and oxygen atoms in total. The van der Waals surface area contributed by atoms with Gasteiger partial charge in [-0.2, -0.15) is 0 Å². The summed E-state index contributed by atoms with van der Waals surface area (Å²) in [7, 11) is 1.36. The van der Waals surface area contributed by atoms with Crippen molar-refractivity contribution >= 4 is 33.6 Å². The maximum atomic E-state index is 12.1. The van der Waals surface area contributed by atoms with E-state index in [4.69, 9.17) is 0 Å². The molecule has 1 unspecified atom stereocenters. The highest BCUT2D eigenvalue weighted by Gasteiger charge is 2.16. The molecule has 1 atom stereocenters. The average molecular weight is 288 g/mol. The number of esters is 1. The van der Waals surface area contributed by atoms with E-state index in [0.717, 1.165) is 22.5 Å². The van der Waals surface area contributed by atoms with Gasteiger partial charge in [0.25, 0.3) is 0 Å². The van der Waals surface area contributed by atoms with Crippen molar-refractivity contribution in [2.45, 2.75) is 6.92 Å². The van der Waals surface area contributed by atoms with Crippen molar-refractivity contribution in [3.05, 3.63) is 48.0 Å². The zero-order valence-corrected chi connectivity index (χ0v) is 12.3. The first kappa shape index (κ1) is 14.6. The number of carbonyl (C=O) groups excluding carboxylic acids is 2. The Morgan fingerprint density at radius 2 is 1.85 bits per heavy atom. The van der Waals surface area contributed by atoms with Crippen LogP contribution in [0.2, 0.25) is 0 Å². The van der Waals surface area contributed by atoms with Gasteiger partial charge >= 0.3 is 5.97 Å². The molecule has 2 aromatic carbocycles. The van der Waals surface area contributed by atoms with Gasteiger partial charge in [-0.05, 0) is 22.9 Å². The highest BCUT2D eigenvalue weighted by atomic mass is 32.2. The number of methoxy groups -OCH3 is 1. The fraction of sp³-hybridized carbons (Fsp3) is 0.250. The molecule has 0 aliphatic heterocycles. The Kier molecular flexibility index (Phi) is 4.79. The topological polar surface area (TPSA) is 43.4 Å². The van der Waals surface area contributed by atoms with E-state index in [2.05, 4.69) is 4.74 Å². The standard InChI is InChI=1S/C16H16O3S/c1-11(15(17)19-2)10-20-16(18)14-8-7-12-5-3-4-6-13(12)9-14/h3-9,11H,10H2,1-2H3. The molecule has 0 aliphatic carbocycles. The monoisotopic (exact) mass is 288 g/mol. The second-order valence-corrected chi connectivity index (χ2v) is 5.58. The van der Waals surface area contributed by atoms with Crippen LogP contribution in [0, 0.1) is 5.92 Å². The summed E-state index contributed by atoms with van der Waals surface area (Å²) in [6, 6.07) is 13.5. The lowest BCUT2D eigenvalue weighted by molar-refractivity contribution is -0.143. The highest BCUT2D eigenvalue weighted by molar-refractivity contribution is 8.14. The van der Waals surface area contributed by atoms with Gasteiger partial charge in [0.15, 0.2) is 0 Å². The van der Waals surface area contributed by atoms with Gasteiger partial charge in [-0.3, -0.25) is 9.59 Å². The van der Waals surface area contributed by atoms with E-state index in [-0.39, 0.29) is 17.0 Å². The number of fused-ring (bicyclic) bond motifs is 1. The molecule has 0 saturated carbocycles. The van der Waals surface area contributed by atoms with Gasteiger partial charge in [0, 0.05) is 11.3 Å². The van der Waals surface area contributed by atoms with Crippen LogP contribution in [0.25, 0.3) is 10.8 Å². The predicted molar refractivity (Wildman–Crippen MR) is 81.9 cm³/mol. The molecule has 0 fully saturated rings. The fourth-order valence-corrected chi connectivity index (χ4v) is 2.70. The van der Waals surface area contributed by atoms with Crippen molar-refractivity contribution in [3.8, 4) is 0 Å². The first-order chi connectivity index (χ1) is 9.61. The number of benzene rings is 2. The molecule has 0 bridgehead atoms. The van der Waals surface area contributed by atoms with E-state index in [1.54, 1.807) is 6.92 Å². The maximum Gasteiger partial charge on any atom is 0.309 e. The third-order valence-corrected chi connectivity index (χ3v) is 4.22. The Hall–Kier alpha value is -1.81. The van der Waals surface area contributed by atoms with Crippen LogP contribution in [0.1, 0.15) is 17.3 Å². The molecule has 2 aromatic rings. The van der Waals surface area contributed by atoms with E-state index in [0.29, 0.717) is 11.3 Å². The van der Waals surface area contributed by atoms with Crippen molar-refractivity contribution in [2.75, 3.05) is 12.9 Å². The summed E-state index contributed by atoms with van der Waals surface area (Å²) in [5.41, 5.74) is 0.658. The molecular weight excluding hydrogens is 272 g/mol. The lowest BCUT2D eigenvalue weighted by Crippen LogP contribution is -2.15. The Morgan fingerprint density at radius 1 is 1.15 bits per heavy atom. The molecular formula is C16H16O3S. The average Bonchev–Trinajstić information content (AvgIpc) is 2.50. The number of hydrogen-bond acceptors (Lipinski definition) is 4. The molecule has 0 spiro atoms. The Balaban J connectivity index is 2.06. The van der Waals surface area contributed by atoms with Gasteiger partial charge in [0.05, 0.1) is 13.0 Å². The third kappa shape index (κ3) is 3.39. The second kappa shape index (κ2) is 6.57. The summed E-state index contributed by atoms with van der Waals surface area (Å²) in [5, 5.41) is 2.13. The molecule has 0 aromatic heterocycles. The minimum atomic E-state index is -0.288. The molecule has 20 heavy (non-hydrogen) atoms. The molecule has 0 aliphatic rings. The van der Waals surface area contributed by atoms with E-state index in [9.17, 15) is 9.59 Å². The number of ether oxygens (including phenoxy) is 1. The normalized spacial score (nSPS) is 12.1. The largest absolute Gasteiger partial charge is 0.469 e. The van der Waals surface area contributed by atoms with E-state index in [1.165, 1.54) is 7.11 Å². The van der Waals surface area contributed by atoms with Gasteiger partial charge in [0.1, 0.15) is 0 Å². The van der Waals surface area contributed by atoms with Crippen molar-refractivity contribution in [1.29, 1.82) is 0 Å². The van der Waals surface area contributed by atoms with Crippen LogP contribution in [0.4, 0.5) is 0 Å². The summed E-state index contributed by atoms with van der Waals surface area (Å²) in [6.45, 7) is 1.76. The van der Waals surface area contributed by atoms with Gasteiger partial charge in [-0.25, -0.2) is 0 Å². The van der Waals surface area contributed by atoms with Crippen molar-refractivity contribution in [3.63, 3.8) is 0 Å². The molecule has 0 saturated heterocycles. The lowest BCUT2D eigenvalue weighted by Gasteiger charge is -2.08. The van der Waals surface area contributed by atoms with Crippen LogP contribution in [0.3, 0.4) is 0 Å². The van der Waals surface area contributed by atoms with E-state index < -0.39 is 0 Å². The van der Waals surface area contributed by atoms with Crippen LogP contribution >= 0.6 is 11.8 Å². The zero-order valence-electron chi connectivity index (χ0n) is 11.5. The SMILES string of the molecule is COC(=O)C(C)CSC(=O)c1ccc2ccccc2c1. The van der Waals surface area contributed by atoms with Crippen molar-refractivity contribution in [2.24, 2.45) is 5.92 Å². The molecule has 0 heterocycles. The molecule has 0 radical (unpaired) electrons. The van der Waals surface area contributed by atoms with E-state index >= 15 is 0 Å². The first-order valence-electron chi connectivity index (χ1n) is 6.35. The first-order valence-corrected chi connectivity index (χ1v) is 7.34. The van der Waals surface area contributed by atoms with Crippen molar-refractivity contribution in [1.82, 2.24) is 0 Å². The summed E-state index contributed by atoms with van der Waals surface area (Å²) in [4.78, 5) is 23.4. The van der Waals surface area contributed by atoms with Gasteiger partial charge in [0.2, 0.25) is 5.12 Å². The maximum absolute atomic E-state index is 12.1. The van der Waals surface area contributed by atoms with Crippen molar-refractivity contribution < 1.29 is 14.3 Å².